The minimum Gasteiger partial charge on any atom is -0.494 e. The minimum atomic E-state index is -0.675. The van der Waals surface area contributed by atoms with E-state index in [0.717, 1.165) is 10.0 Å². The third-order valence-corrected chi connectivity index (χ3v) is 4.44. The van der Waals surface area contributed by atoms with Crippen molar-refractivity contribution in [2.45, 2.75) is 6.92 Å². The molecule has 2 N–H and O–H groups in total. The average Bonchev–Trinajstić information content (AvgIpc) is 2.65. The number of ether oxygens (including phenoxy) is 1. The van der Waals surface area contributed by atoms with Crippen LogP contribution in [0.4, 0.5) is 17.1 Å². The highest BCUT2D eigenvalue weighted by Gasteiger charge is 2.15. The maximum absolute atomic E-state index is 12.3. The third kappa shape index (κ3) is 5.05. The lowest BCUT2D eigenvalue weighted by Crippen LogP contribution is -2.15. The summed E-state index contributed by atoms with van der Waals surface area (Å²) < 4.78 is 6.01. The molecule has 0 saturated carbocycles. The number of benzene rings is 2. The average molecular weight is 431 g/mol. The Hall–Kier alpha value is -3.38. The molecule has 0 aromatic heterocycles. The SMILES string of the molecule is COc1cc([N+](=O)[O-])ccc1NC(=O)/C(C#N)=C\Nc1ccc(Br)c(C)c1. The van der Waals surface area contributed by atoms with Crippen molar-refractivity contribution < 1.29 is 14.5 Å². The number of nitrogens with zero attached hydrogens (tertiary/aromatic N) is 2. The Morgan fingerprint density at radius 2 is 2.07 bits per heavy atom. The summed E-state index contributed by atoms with van der Waals surface area (Å²) in [7, 11) is 1.33. The Balaban J connectivity index is 2.18. The summed E-state index contributed by atoms with van der Waals surface area (Å²) in [5, 5.41) is 25.5. The fourth-order valence-corrected chi connectivity index (χ4v) is 2.37. The number of halogens is 1. The highest BCUT2D eigenvalue weighted by Crippen LogP contribution is 2.29. The molecule has 0 spiro atoms. The topological polar surface area (TPSA) is 117 Å². The van der Waals surface area contributed by atoms with E-state index in [-0.39, 0.29) is 22.7 Å². The largest absolute Gasteiger partial charge is 0.494 e. The molecule has 9 heteroatoms. The van der Waals surface area contributed by atoms with Crippen LogP contribution >= 0.6 is 15.9 Å². The molecular weight excluding hydrogens is 416 g/mol. The van der Waals surface area contributed by atoms with Gasteiger partial charge in [0.15, 0.2) is 0 Å². The number of nitro groups is 1. The van der Waals surface area contributed by atoms with E-state index in [1.165, 1.54) is 31.5 Å². The fraction of sp³-hybridized carbons (Fsp3) is 0.111. The molecule has 1 amide bonds. The first kappa shape index (κ1) is 19.9. The number of nitrogens with one attached hydrogen (secondary N) is 2. The van der Waals surface area contributed by atoms with Gasteiger partial charge in [-0.25, -0.2) is 0 Å². The van der Waals surface area contributed by atoms with Gasteiger partial charge in [0.2, 0.25) is 0 Å². The molecule has 0 fully saturated rings. The van der Waals surface area contributed by atoms with E-state index in [2.05, 4.69) is 26.6 Å². The van der Waals surface area contributed by atoms with E-state index in [1.807, 2.05) is 25.1 Å². The van der Waals surface area contributed by atoms with E-state index < -0.39 is 10.8 Å². The number of rotatable bonds is 6. The number of non-ortho nitro benzene ring substituents is 1. The number of amides is 1. The Kier molecular flexibility index (Phi) is 6.51. The van der Waals surface area contributed by atoms with Gasteiger partial charge >= 0.3 is 0 Å². The zero-order valence-corrected chi connectivity index (χ0v) is 16.0. The van der Waals surface area contributed by atoms with E-state index in [4.69, 9.17) is 4.74 Å². The van der Waals surface area contributed by atoms with Crippen molar-refractivity contribution in [3.8, 4) is 11.8 Å². The lowest BCUT2D eigenvalue weighted by atomic mass is 10.2. The zero-order chi connectivity index (χ0) is 20.0. The molecule has 2 aromatic carbocycles. The molecule has 0 atom stereocenters. The lowest BCUT2D eigenvalue weighted by molar-refractivity contribution is -0.384. The summed E-state index contributed by atoms with van der Waals surface area (Å²) in [5.41, 5.74) is 1.58. The highest BCUT2D eigenvalue weighted by atomic mass is 79.9. The summed E-state index contributed by atoms with van der Waals surface area (Å²) in [6.07, 6.45) is 1.29. The van der Waals surface area contributed by atoms with Crippen LogP contribution in [0, 0.1) is 28.4 Å². The monoisotopic (exact) mass is 430 g/mol. The van der Waals surface area contributed by atoms with Crippen molar-refractivity contribution in [2.75, 3.05) is 17.7 Å². The molecule has 0 aliphatic rings. The predicted molar refractivity (Wildman–Crippen MR) is 104 cm³/mol. The van der Waals surface area contributed by atoms with Crippen molar-refractivity contribution in [3.63, 3.8) is 0 Å². The van der Waals surface area contributed by atoms with Crippen LogP contribution in [0.3, 0.4) is 0 Å². The zero-order valence-electron chi connectivity index (χ0n) is 14.4. The van der Waals surface area contributed by atoms with Crippen molar-refractivity contribution >= 4 is 38.9 Å². The number of nitro benzene ring substituents is 1. The molecule has 138 valence electrons. The van der Waals surface area contributed by atoms with Gasteiger partial charge in [-0.15, -0.1) is 0 Å². The summed E-state index contributed by atoms with van der Waals surface area (Å²) in [6, 6.07) is 11.1. The molecular formula is C18H15BrN4O4. The van der Waals surface area contributed by atoms with Gasteiger partial charge in [0, 0.05) is 22.4 Å². The quantitative estimate of drug-likeness (QED) is 0.307. The van der Waals surface area contributed by atoms with Crippen LogP contribution in [-0.2, 0) is 4.79 Å². The maximum Gasteiger partial charge on any atom is 0.273 e. The van der Waals surface area contributed by atoms with E-state index in [1.54, 1.807) is 6.07 Å². The maximum atomic E-state index is 12.3. The summed E-state index contributed by atoms with van der Waals surface area (Å²) in [6.45, 7) is 1.91. The van der Waals surface area contributed by atoms with Crippen LogP contribution in [0.5, 0.6) is 5.75 Å². The summed E-state index contributed by atoms with van der Waals surface area (Å²) >= 11 is 3.40. The second kappa shape index (κ2) is 8.82. The molecule has 0 heterocycles. The predicted octanol–water partition coefficient (Wildman–Crippen LogP) is 4.13. The number of nitriles is 1. The number of carbonyl (C=O) groups excluding carboxylic acids is 1. The smallest absolute Gasteiger partial charge is 0.273 e. The molecule has 0 saturated heterocycles. The van der Waals surface area contributed by atoms with Crippen molar-refractivity contribution in [1.29, 1.82) is 5.26 Å². The fourth-order valence-electron chi connectivity index (χ4n) is 2.12. The number of methoxy groups -OCH3 is 1. The molecule has 0 radical (unpaired) electrons. The van der Waals surface area contributed by atoms with Gasteiger partial charge < -0.3 is 15.4 Å². The Morgan fingerprint density at radius 3 is 2.67 bits per heavy atom. The number of aryl methyl sites for hydroxylation is 1. The van der Waals surface area contributed by atoms with Crippen LogP contribution in [-0.4, -0.2) is 17.9 Å². The van der Waals surface area contributed by atoms with E-state index in [0.29, 0.717) is 5.69 Å². The standard InChI is InChI=1S/C18H15BrN4O4/c1-11-7-13(3-5-15(11)19)21-10-12(9-20)18(24)22-16-6-4-14(23(25)26)8-17(16)27-2/h3-8,10,21H,1-2H3,(H,22,24)/b12-10-. The van der Waals surface area contributed by atoms with Gasteiger partial charge in [0.05, 0.1) is 23.8 Å². The number of hydrogen-bond acceptors (Lipinski definition) is 6. The molecule has 0 aliphatic heterocycles. The molecule has 8 nitrogen and oxygen atoms in total. The summed E-state index contributed by atoms with van der Waals surface area (Å²) in [5.74, 6) is -0.558. The Morgan fingerprint density at radius 1 is 1.33 bits per heavy atom. The van der Waals surface area contributed by atoms with E-state index in [9.17, 15) is 20.2 Å². The van der Waals surface area contributed by atoms with E-state index >= 15 is 0 Å². The first-order chi connectivity index (χ1) is 12.8. The molecule has 2 rings (SSSR count). The molecule has 0 unspecified atom stereocenters. The van der Waals surface area contributed by atoms with Gasteiger partial charge in [-0.3, -0.25) is 14.9 Å². The normalized spacial score (nSPS) is 10.7. The molecule has 2 aromatic rings. The van der Waals surface area contributed by atoms with Crippen LogP contribution in [0.1, 0.15) is 5.56 Å². The third-order valence-electron chi connectivity index (χ3n) is 3.55. The minimum absolute atomic E-state index is 0.117. The summed E-state index contributed by atoms with van der Waals surface area (Å²) in [4.78, 5) is 22.6. The van der Waals surface area contributed by atoms with Gasteiger partial charge in [-0.05, 0) is 36.8 Å². The van der Waals surface area contributed by atoms with Crippen LogP contribution in [0.2, 0.25) is 0 Å². The second-order valence-corrected chi connectivity index (χ2v) is 6.23. The lowest BCUT2D eigenvalue weighted by Gasteiger charge is -2.10. The van der Waals surface area contributed by atoms with Crippen molar-refractivity contribution in [1.82, 2.24) is 0 Å². The first-order valence-corrected chi connectivity index (χ1v) is 8.41. The second-order valence-electron chi connectivity index (χ2n) is 5.37. The first-order valence-electron chi connectivity index (χ1n) is 7.62. The van der Waals surface area contributed by atoms with Crippen molar-refractivity contribution in [3.05, 3.63) is 68.3 Å². The molecule has 0 aliphatic carbocycles. The van der Waals surface area contributed by atoms with Gasteiger partial charge in [0.1, 0.15) is 17.4 Å². The highest BCUT2D eigenvalue weighted by molar-refractivity contribution is 9.10. The number of anilines is 2. The van der Waals surface area contributed by atoms with Gasteiger partial charge in [0.25, 0.3) is 11.6 Å². The van der Waals surface area contributed by atoms with Gasteiger partial charge in [-0.1, -0.05) is 15.9 Å². The van der Waals surface area contributed by atoms with Crippen LogP contribution in [0.15, 0.2) is 52.6 Å². The Labute approximate surface area is 163 Å². The van der Waals surface area contributed by atoms with Crippen molar-refractivity contribution in [2.24, 2.45) is 0 Å². The number of hydrogen-bond donors (Lipinski definition) is 2. The Bertz CT molecular complexity index is 966. The van der Waals surface area contributed by atoms with Crippen LogP contribution < -0.4 is 15.4 Å². The molecule has 27 heavy (non-hydrogen) atoms. The van der Waals surface area contributed by atoms with Crippen LogP contribution in [0.25, 0.3) is 0 Å². The van der Waals surface area contributed by atoms with Gasteiger partial charge in [-0.2, -0.15) is 5.26 Å². The number of carbonyl (C=O) groups is 1. The molecule has 0 bridgehead atoms.